The predicted molar refractivity (Wildman–Crippen MR) is 119 cm³/mol. The van der Waals surface area contributed by atoms with E-state index in [-0.39, 0.29) is 24.6 Å². The number of β-lactam (4-membered cyclic amide) rings is 1. The Bertz CT molecular complexity index is 1040. The predicted octanol–water partition coefficient (Wildman–Crippen LogP) is 1.71. The first-order valence-corrected chi connectivity index (χ1v) is 12.2. The summed E-state index contributed by atoms with van der Waals surface area (Å²) in [4.78, 5) is 43.2. The van der Waals surface area contributed by atoms with Crippen LogP contribution in [0.2, 0.25) is 0 Å². The molecule has 2 aliphatic rings. The van der Waals surface area contributed by atoms with Crippen LogP contribution < -0.4 is 5.32 Å². The highest BCUT2D eigenvalue weighted by Gasteiger charge is 2.54. The molecule has 2 aliphatic heterocycles. The molecule has 2 aromatic rings. The van der Waals surface area contributed by atoms with Gasteiger partial charge >= 0.3 is 5.97 Å². The highest BCUT2D eigenvalue weighted by molar-refractivity contribution is 8.07. The molecule has 11 heteroatoms. The Labute approximate surface area is 190 Å². The molecule has 3 N–H and O–H groups in total. The summed E-state index contributed by atoms with van der Waals surface area (Å²) in [5.74, 6) is -1.47. The Morgan fingerprint density at radius 1 is 1.29 bits per heavy atom. The third kappa shape index (κ3) is 4.64. The fourth-order valence-electron chi connectivity index (χ4n) is 3.35. The monoisotopic (exact) mass is 477 g/mol. The largest absolute Gasteiger partial charge is 0.477 e. The molecule has 1 aromatic carbocycles. The summed E-state index contributed by atoms with van der Waals surface area (Å²) >= 11 is 4.02. The molecule has 31 heavy (non-hydrogen) atoms. The van der Waals surface area contributed by atoms with Crippen LogP contribution in [0.1, 0.15) is 11.3 Å². The summed E-state index contributed by atoms with van der Waals surface area (Å²) in [7, 11) is 0. The van der Waals surface area contributed by atoms with E-state index in [9.17, 15) is 19.5 Å². The van der Waals surface area contributed by atoms with Gasteiger partial charge in [0.1, 0.15) is 17.1 Å². The summed E-state index contributed by atoms with van der Waals surface area (Å²) in [5, 5.41) is 22.9. The third-order valence-corrected chi connectivity index (χ3v) is 8.30. The quantitative estimate of drug-likeness (QED) is 0.492. The molecule has 0 radical (unpaired) electrons. The Hall–Kier alpha value is -2.34. The molecule has 8 nitrogen and oxygen atoms in total. The first kappa shape index (κ1) is 21.9. The fraction of sp³-hybridized carbons (Fsp3) is 0.300. The molecule has 0 bridgehead atoms. The van der Waals surface area contributed by atoms with E-state index in [1.165, 1.54) is 39.8 Å². The van der Waals surface area contributed by atoms with Gasteiger partial charge in [-0.15, -0.1) is 23.1 Å². The van der Waals surface area contributed by atoms with Gasteiger partial charge in [-0.1, -0.05) is 42.1 Å². The molecule has 1 saturated heterocycles. The van der Waals surface area contributed by atoms with Crippen molar-refractivity contribution in [2.75, 3.05) is 12.4 Å². The maximum absolute atomic E-state index is 12.7. The number of hydrogen-bond acceptors (Lipinski definition) is 8. The van der Waals surface area contributed by atoms with Gasteiger partial charge in [0, 0.05) is 29.1 Å². The summed E-state index contributed by atoms with van der Waals surface area (Å²) in [5.41, 5.74) is 1.54. The first-order valence-electron chi connectivity index (χ1n) is 9.45. The zero-order valence-corrected chi connectivity index (χ0v) is 18.6. The van der Waals surface area contributed by atoms with Crippen LogP contribution in [0.4, 0.5) is 0 Å². The second-order valence-electron chi connectivity index (χ2n) is 6.87. The third-order valence-electron chi connectivity index (χ3n) is 4.77. The minimum absolute atomic E-state index is 0.00585. The smallest absolute Gasteiger partial charge is 0.353 e. The maximum atomic E-state index is 12.7. The lowest BCUT2D eigenvalue weighted by molar-refractivity contribution is -0.150. The van der Waals surface area contributed by atoms with Crippen LogP contribution in [-0.2, 0) is 27.2 Å². The number of nitrogens with zero attached hydrogens (tertiary/aromatic N) is 2. The van der Waals surface area contributed by atoms with Crippen molar-refractivity contribution >= 4 is 52.6 Å². The Kier molecular flexibility index (Phi) is 6.65. The minimum Gasteiger partial charge on any atom is -0.477 e. The van der Waals surface area contributed by atoms with Crippen LogP contribution in [0.15, 0.2) is 50.7 Å². The van der Waals surface area contributed by atoms with Gasteiger partial charge in [-0.3, -0.25) is 14.5 Å². The van der Waals surface area contributed by atoms with Gasteiger partial charge in [0.25, 0.3) is 5.91 Å². The van der Waals surface area contributed by atoms with E-state index >= 15 is 0 Å². The van der Waals surface area contributed by atoms with Crippen molar-refractivity contribution in [2.45, 2.75) is 28.6 Å². The standard InChI is InChI=1S/C20H19N3O5S3/c24-7-6-12-9-30-20(21-12)31-13-10-29-18-15(17(26)23(18)16(13)19(27)28)22-14(25)8-11-4-2-1-3-5-11/h1-5,9,15,18,24H,6-8,10H2,(H,22,25)(H,27,28)/t15-,18+/m1/s1. The normalized spacial score (nSPS) is 20.3. The lowest BCUT2D eigenvalue weighted by Gasteiger charge is -2.49. The van der Waals surface area contributed by atoms with Crippen molar-refractivity contribution in [3.05, 3.63) is 57.6 Å². The van der Waals surface area contributed by atoms with Crippen molar-refractivity contribution in [3.63, 3.8) is 0 Å². The summed E-state index contributed by atoms with van der Waals surface area (Å²) in [6.45, 7) is -0.00585. The average molecular weight is 478 g/mol. The number of thiazole rings is 1. The molecule has 0 saturated carbocycles. The maximum Gasteiger partial charge on any atom is 0.353 e. The Morgan fingerprint density at radius 3 is 2.77 bits per heavy atom. The number of aromatic nitrogens is 1. The molecule has 0 unspecified atom stereocenters. The second kappa shape index (κ2) is 9.43. The SMILES string of the molecule is O=C(Cc1ccccc1)N[C@@H]1C(=O)N2C(C(=O)O)=C(Sc3nc(CCO)cs3)CS[C@@H]12. The molecular formula is C20H19N3O5S3. The van der Waals surface area contributed by atoms with Gasteiger partial charge < -0.3 is 15.5 Å². The van der Waals surface area contributed by atoms with Gasteiger partial charge in [-0.25, -0.2) is 9.78 Å². The number of carboxylic acid groups (broad SMARTS) is 1. The molecular weight excluding hydrogens is 458 g/mol. The van der Waals surface area contributed by atoms with Crippen LogP contribution in [-0.4, -0.2) is 61.7 Å². The number of fused-ring (bicyclic) bond motifs is 1. The lowest BCUT2D eigenvalue weighted by Crippen LogP contribution is -2.70. The van der Waals surface area contributed by atoms with E-state index < -0.39 is 23.3 Å². The topological polar surface area (TPSA) is 120 Å². The number of nitrogens with one attached hydrogen (secondary N) is 1. The molecule has 2 amide bonds. The van der Waals surface area contributed by atoms with Crippen LogP contribution >= 0.6 is 34.9 Å². The molecule has 0 aliphatic carbocycles. The number of hydrogen-bond donors (Lipinski definition) is 3. The number of carbonyl (C=O) groups excluding carboxylic acids is 2. The van der Waals surface area contributed by atoms with Crippen LogP contribution in [0.25, 0.3) is 0 Å². The number of carboxylic acids is 1. The van der Waals surface area contributed by atoms with Crippen molar-refractivity contribution < 1.29 is 24.6 Å². The number of thioether (sulfide) groups is 2. The minimum atomic E-state index is -1.18. The van der Waals surface area contributed by atoms with E-state index in [2.05, 4.69) is 10.3 Å². The molecule has 3 heterocycles. The van der Waals surface area contributed by atoms with E-state index in [1.807, 2.05) is 35.7 Å². The van der Waals surface area contributed by atoms with Crippen molar-refractivity contribution in [2.24, 2.45) is 0 Å². The van der Waals surface area contributed by atoms with Gasteiger partial charge in [-0.2, -0.15) is 0 Å². The van der Waals surface area contributed by atoms with Crippen molar-refractivity contribution in [1.82, 2.24) is 15.2 Å². The van der Waals surface area contributed by atoms with Crippen LogP contribution in [0, 0.1) is 0 Å². The van der Waals surface area contributed by atoms with E-state index in [0.29, 0.717) is 21.4 Å². The molecule has 0 spiro atoms. The van der Waals surface area contributed by atoms with Gasteiger partial charge in [0.2, 0.25) is 5.91 Å². The summed E-state index contributed by atoms with van der Waals surface area (Å²) in [6.07, 6.45) is 0.596. The van der Waals surface area contributed by atoms with Crippen molar-refractivity contribution in [3.8, 4) is 0 Å². The van der Waals surface area contributed by atoms with Gasteiger partial charge in [0.15, 0.2) is 4.34 Å². The van der Waals surface area contributed by atoms with Gasteiger partial charge in [-0.05, 0) is 5.56 Å². The molecule has 1 aromatic heterocycles. The molecule has 162 valence electrons. The molecule has 1 fully saturated rings. The average Bonchev–Trinajstić information content (AvgIpc) is 3.19. The zero-order chi connectivity index (χ0) is 22.0. The highest BCUT2D eigenvalue weighted by atomic mass is 32.2. The summed E-state index contributed by atoms with van der Waals surface area (Å²) in [6, 6.07) is 8.48. The number of benzene rings is 1. The number of aliphatic carboxylic acids is 1. The second-order valence-corrected chi connectivity index (χ2v) is 10.2. The van der Waals surface area contributed by atoms with Gasteiger partial charge in [0.05, 0.1) is 12.1 Å². The van der Waals surface area contributed by atoms with E-state index in [1.54, 1.807) is 0 Å². The number of rotatable bonds is 8. The number of carbonyl (C=O) groups is 3. The fourth-order valence-corrected chi connectivity index (χ4v) is 6.85. The highest BCUT2D eigenvalue weighted by Crippen LogP contribution is 2.45. The van der Waals surface area contributed by atoms with Crippen LogP contribution in [0.5, 0.6) is 0 Å². The first-order chi connectivity index (χ1) is 15.0. The zero-order valence-electron chi connectivity index (χ0n) is 16.2. The number of amides is 2. The van der Waals surface area contributed by atoms with E-state index in [0.717, 1.165) is 11.3 Å². The lowest BCUT2D eigenvalue weighted by atomic mass is 10.0. The van der Waals surface area contributed by atoms with E-state index in [4.69, 9.17) is 5.11 Å². The van der Waals surface area contributed by atoms with Crippen molar-refractivity contribution in [1.29, 1.82) is 0 Å². The van der Waals surface area contributed by atoms with Crippen LogP contribution in [0.3, 0.4) is 0 Å². The molecule has 4 rings (SSSR count). The number of aliphatic hydroxyl groups excluding tert-OH is 1. The number of aliphatic hydroxyl groups is 1. The Balaban J connectivity index is 1.46. The molecule has 2 atom stereocenters. The Morgan fingerprint density at radius 2 is 2.06 bits per heavy atom. The summed E-state index contributed by atoms with van der Waals surface area (Å²) < 4.78 is 0.664.